The van der Waals surface area contributed by atoms with Crippen molar-refractivity contribution in [3.63, 3.8) is 0 Å². The molecule has 1 aromatic carbocycles. The Morgan fingerprint density at radius 1 is 1.32 bits per heavy atom. The van der Waals surface area contributed by atoms with Crippen molar-refractivity contribution in [2.75, 3.05) is 13.2 Å². The summed E-state index contributed by atoms with van der Waals surface area (Å²) in [7, 11) is 0. The summed E-state index contributed by atoms with van der Waals surface area (Å²) >= 11 is 0. The highest BCUT2D eigenvalue weighted by Crippen LogP contribution is 2.29. The van der Waals surface area contributed by atoms with Gasteiger partial charge in [-0.2, -0.15) is 5.26 Å². The Labute approximate surface area is 114 Å². The maximum absolute atomic E-state index is 8.97. The van der Waals surface area contributed by atoms with Crippen LogP contribution in [0.2, 0.25) is 0 Å². The van der Waals surface area contributed by atoms with Gasteiger partial charge in [-0.05, 0) is 30.5 Å². The molecule has 2 aliphatic rings. The lowest BCUT2D eigenvalue weighted by Crippen LogP contribution is -2.52. The highest BCUT2D eigenvalue weighted by Gasteiger charge is 2.33. The Balaban J connectivity index is 1.72. The van der Waals surface area contributed by atoms with Crippen molar-refractivity contribution in [1.82, 2.24) is 4.90 Å². The molecule has 1 saturated carbocycles. The molecule has 1 heterocycles. The molecule has 0 unspecified atom stereocenters. The number of ether oxygens (including phenoxy) is 1. The molecule has 0 bridgehead atoms. The number of fused-ring (bicyclic) bond motifs is 1. The third-order valence-electron chi connectivity index (χ3n) is 4.29. The Hall–Kier alpha value is -1.37. The van der Waals surface area contributed by atoms with Crippen molar-refractivity contribution >= 4 is 0 Å². The van der Waals surface area contributed by atoms with E-state index in [4.69, 9.17) is 10.00 Å². The first-order chi connectivity index (χ1) is 9.36. The average Bonchev–Trinajstić information content (AvgIpc) is 2.48. The molecule has 0 N–H and O–H groups in total. The first-order valence-electron chi connectivity index (χ1n) is 7.21. The van der Waals surface area contributed by atoms with Crippen LogP contribution >= 0.6 is 0 Å². The summed E-state index contributed by atoms with van der Waals surface area (Å²) in [5, 5.41) is 8.97. The molecule has 0 aromatic heterocycles. The molecule has 3 nitrogen and oxygen atoms in total. The standard InChI is InChI=1S/C16H20N2O/c17-11-13-4-3-5-14(10-13)12-18-8-9-19-16-7-2-1-6-15(16)18/h3-5,10,15-16H,1-2,6-9,12H2/t15-,16-/m0/s1. The van der Waals surface area contributed by atoms with Crippen molar-refractivity contribution in [3.05, 3.63) is 35.4 Å². The molecule has 1 aliphatic carbocycles. The van der Waals surface area contributed by atoms with E-state index >= 15 is 0 Å². The molecule has 3 rings (SSSR count). The van der Waals surface area contributed by atoms with Crippen LogP contribution < -0.4 is 0 Å². The monoisotopic (exact) mass is 256 g/mol. The van der Waals surface area contributed by atoms with Gasteiger partial charge >= 0.3 is 0 Å². The second kappa shape index (κ2) is 5.73. The summed E-state index contributed by atoms with van der Waals surface area (Å²) in [6.45, 7) is 2.80. The van der Waals surface area contributed by atoms with Gasteiger partial charge in [-0.1, -0.05) is 25.0 Å². The number of hydrogen-bond donors (Lipinski definition) is 0. The lowest BCUT2D eigenvalue weighted by atomic mass is 9.90. The van der Waals surface area contributed by atoms with E-state index in [9.17, 15) is 0 Å². The van der Waals surface area contributed by atoms with Gasteiger partial charge in [0.05, 0.1) is 24.3 Å². The summed E-state index contributed by atoms with van der Waals surface area (Å²) in [6, 6.07) is 10.8. The first-order valence-corrected chi connectivity index (χ1v) is 7.21. The Kier molecular flexibility index (Phi) is 3.82. The first kappa shape index (κ1) is 12.7. The maximum atomic E-state index is 8.97. The predicted octanol–water partition coefficient (Wildman–Crippen LogP) is 2.70. The van der Waals surface area contributed by atoms with Crippen LogP contribution in [0.1, 0.15) is 36.8 Å². The van der Waals surface area contributed by atoms with Gasteiger partial charge in [-0.3, -0.25) is 4.90 Å². The molecule has 1 saturated heterocycles. The van der Waals surface area contributed by atoms with Crippen LogP contribution in [0.5, 0.6) is 0 Å². The summed E-state index contributed by atoms with van der Waals surface area (Å²) in [6.07, 6.45) is 5.52. The van der Waals surface area contributed by atoms with Crippen molar-refractivity contribution in [2.45, 2.75) is 44.4 Å². The topological polar surface area (TPSA) is 36.3 Å². The summed E-state index contributed by atoms with van der Waals surface area (Å²) in [5.74, 6) is 0. The number of morpholine rings is 1. The van der Waals surface area contributed by atoms with Crippen LogP contribution in [-0.4, -0.2) is 30.2 Å². The number of rotatable bonds is 2. The van der Waals surface area contributed by atoms with Gasteiger partial charge < -0.3 is 4.74 Å². The van der Waals surface area contributed by atoms with Crippen molar-refractivity contribution < 1.29 is 4.74 Å². The smallest absolute Gasteiger partial charge is 0.0991 e. The van der Waals surface area contributed by atoms with Crippen LogP contribution in [0.4, 0.5) is 0 Å². The quantitative estimate of drug-likeness (QED) is 0.816. The van der Waals surface area contributed by atoms with Crippen LogP contribution in [0.3, 0.4) is 0 Å². The maximum Gasteiger partial charge on any atom is 0.0991 e. The molecule has 100 valence electrons. The predicted molar refractivity (Wildman–Crippen MR) is 73.6 cm³/mol. The average molecular weight is 256 g/mol. The molecule has 2 fully saturated rings. The zero-order chi connectivity index (χ0) is 13.1. The van der Waals surface area contributed by atoms with Crippen molar-refractivity contribution in [2.24, 2.45) is 0 Å². The largest absolute Gasteiger partial charge is 0.375 e. The van der Waals surface area contributed by atoms with Gasteiger partial charge in [0.15, 0.2) is 0 Å². The molecule has 0 radical (unpaired) electrons. The van der Waals surface area contributed by atoms with E-state index in [-0.39, 0.29) is 0 Å². The van der Waals surface area contributed by atoms with Gasteiger partial charge in [0, 0.05) is 19.1 Å². The van der Waals surface area contributed by atoms with Gasteiger partial charge in [0.25, 0.3) is 0 Å². The Morgan fingerprint density at radius 3 is 3.11 bits per heavy atom. The highest BCUT2D eigenvalue weighted by atomic mass is 16.5. The fourth-order valence-electron chi connectivity index (χ4n) is 3.35. The molecule has 0 spiro atoms. The molecule has 2 atom stereocenters. The third kappa shape index (κ3) is 2.80. The molecule has 3 heteroatoms. The van der Waals surface area contributed by atoms with E-state index in [0.717, 1.165) is 25.3 Å². The second-order valence-corrected chi connectivity index (χ2v) is 5.54. The molecule has 0 amide bonds. The summed E-state index contributed by atoms with van der Waals surface area (Å²) < 4.78 is 5.90. The van der Waals surface area contributed by atoms with Gasteiger partial charge in [-0.15, -0.1) is 0 Å². The fourth-order valence-corrected chi connectivity index (χ4v) is 3.35. The van der Waals surface area contributed by atoms with E-state index in [0.29, 0.717) is 12.1 Å². The highest BCUT2D eigenvalue weighted by molar-refractivity contribution is 5.32. The Bertz CT molecular complexity index is 478. The number of benzene rings is 1. The number of hydrogen-bond acceptors (Lipinski definition) is 3. The van der Waals surface area contributed by atoms with E-state index in [2.05, 4.69) is 17.0 Å². The molecule has 1 aliphatic heterocycles. The van der Waals surface area contributed by atoms with Crippen molar-refractivity contribution in [1.29, 1.82) is 5.26 Å². The van der Waals surface area contributed by atoms with E-state index < -0.39 is 0 Å². The molecule has 1 aromatic rings. The van der Waals surface area contributed by atoms with E-state index in [1.54, 1.807) is 0 Å². The van der Waals surface area contributed by atoms with Gasteiger partial charge in [-0.25, -0.2) is 0 Å². The Morgan fingerprint density at radius 2 is 2.21 bits per heavy atom. The SMILES string of the molecule is N#Cc1cccc(CN2CCO[C@H]3CCCC[C@@H]32)c1. The summed E-state index contributed by atoms with van der Waals surface area (Å²) in [4.78, 5) is 2.55. The molecule has 19 heavy (non-hydrogen) atoms. The normalized spacial score (nSPS) is 27.5. The van der Waals surface area contributed by atoms with Crippen LogP contribution in [0, 0.1) is 11.3 Å². The van der Waals surface area contributed by atoms with E-state index in [1.165, 1.54) is 31.2 Å². The molecular weight excluding hydrogens is 236 g/mol. The van der Waals surface area contributed by atoms with Crippen molar-refractivity contribution in [3.8, 4) is 6.07 Å². The lowest BCUT2D eigenvalue weighted by Gasteiger charge is -2.43. The minimum absolute atomic E-state index is 0.432. The fraction of sp³-hybridized carbons (Fsp3) is 0.562. The number of nitrogens with zero attached hydrogens (tertiary/aromatic N) is 2. The molecular formula is C16H20N2O. The van der Waals surface area contributed by atoms with E-state index in [1.807, 2.05) is 18.2 Å². The van der Waals surface area contributed by atoms with Crippen LogP contribution in [0.25, 0.3) is 0 Å². The second-order valence-electron chi connectivity index (χ2n) is 5.54. The van der Waals surface area contributed by atoms with Gasteiger partial charge in [0.2, 0.25) is 0 Å². The van der Waals surface area contributed by atoms with Crippen LogP contribution in [-0.2, 0) is 11.3 Å². The minimum Gasteiger partial charge on any atom is -0.375 e. The van der Waals surface area contributed by atoms with Crippen LogP contribution in [0.15, 0.2) is 24.3 Å². The zero-order valence-electron chi connectivity index (χ0n) is 11.2. The summed E-state index contributed by atoms with van der Waals surface area (Å²) in [5.41, 5.74) is 2.00. The lowest BCUT2D eigenvalue weighted by molar-refractivity contribution is -0.0911. The minimum atomic E-state index is 0.432. The number of nitriles is 1. The van der Waals surface area contributed by atoms with Gasteiger partial charge in [0.1, 0.15) is 0 Å². The third-order valence-corrected chi connectivity index (χ3v) is 4.29. The zero-order valence-corrected chi connectivity index (χ0v) is 11.2.